The van der Waals surface area contributed by atoms with Crippen LogP contribution in [0, 0.1) is 0 Å². The molecule has 0 unspecified atom stereocenters. The molecule has 4 heterocycles. The van der Waals surface area contributed by atoms with Crippen molar-refractivity contribution in [2.45, 2.75) is 37.9 Å². The maximum atomic E-state index is 12.6. The number of para-hydroxylation sites is 1. The van der Waals surface area contributed by atoms with Crippen LogP contribution in [-0.4, -0.2) is 74.0 Å². The molecule has 0 N–H and O–H groups in total. The van der Waals surface area contributed by atoms with E-state index < -0.39 is 0 Å². The molecule has 36 heavy (non-hydrogen) atoms. The molecule has 7 heteroatoms. The zero-order valence-electron chi connectivity index (χ0n) is 20.6. The van der Waals surface area contributed by atoms with Gasteiger partial charge in [0.1, 0.15) is 18.0 Å². The van der Waals surface area contributed by atoms with Crippen LogP contribution in [-0.2, 0) is 14.3 Å². The van der Waals surface area contributed by atoms with Gasteiger partial charge < -0.3 is 24.0 Å². The average Bonchev–Trinajstić information content (AvgIpc) is 3.49. The third-order valence-corrected chi connectivity index (χ3v) is 7.50. The Balaban J connectivity index is 1.16. The molecule has 188 valence electrons. The second kappa shape index (κ2) is 10.4. The molecule has 0 radical (unpaired) electrons. The molecule has 0 aliphatic carbocycles. The van der Waals surface area contributed by atoms with Crippen molar-refractivity contribution in [1.29, 1.82) is 0 Å². The van der Waals surface area contributed by atoms with E-state index in [2.05, 4.69) is 47.4 Å². The molecule has 0 bridgehead atoms. The summed E-state index contributed by atoms with van der Waals surface area (Å²) in [7, 11) is 0. The van der Waals surface area contributed by atoms with Crippen molar-refractivity contribution in [2.75, 3.05) is 50.9 Å². The number of hydrogen-bond donors (Lipinski definition) is 0. The lowest BCUT2D eigenvalue weighted by Crippen LogP contribution is -2.45. The van der Waals surface area contributed by atoms with Gasteiger partial charge in [-0.25, -0.2) is 0 Å². The number of piperidine rings is 1. The Labute approximate surface area is 212 Å². The number of rotatable bonds is 5. The lowest BCUT2D eigenvalue weighted by Gasteiger charge is -2.33. The van der Waals surface area contributed by atoms with Crippen molar-refractivity contribution in [2.24, 2.45) is 0 Å². The average molecular weight is 488 g/mol. The number of nitrogens with zero attached hydrogens (tertiary/aromatic N) is 3. The monoisotopic (exact) mass is 487 g/mol. The van der Waals surface area contributed by atoms with Gasteiger partial charge in [0.2, 0.25) is 0 Å². The van der Waals surface area contributed by atoms with Gasteiger partial charge in [0.05, 0.1) is 24.4 Å². The van der Waals surface area contributed by atoms with E-state index in [0.717, 1.165) is 87.5 Å². The van der Waals surface area contributed by atoms with Crippen LogP contribution in [0.1, 0.15) is 25.7 Å². The summed E-state index contributed by atoms with van der Waals surface area (Å²) in [6, 6.07) is 16.7. The van der Waals surface area contributed by atoms with Crippen LogP contribution in [0.5, 0.6) is 5.75 Å². The highest BCUT2D eigenvalue weighted by molar-refractivity contribution is 5.99. The number of fused-ring (bicyclic) bond motifs is 1. The summed E-state index contributed by atoms with van der Waals surface area (Å²) in [6.45, 7) is 5.38. The first-order chi connectivity index (χ1) is 17.8. The maximum absolute atomic E-state index is 12.6. The molecule has 3 aliphatic heterocycles. The summed E-state index contributed by atoms with van der Waals surface area (Å²) >= 11 is 0. The van der Waals surface area contributed by atoms with Crippen LogP contribution < -0.4 is 9.64 Å². The fourth-order valence-corrected chi connectivity index (χ4v) is 5.54. The number of aromatic nitrogens is 1. The number of benzene rings is 2. The van der Waals surface area contributed by atoms with Crippen molar-refractivity contribution in [1.82, 2.24) is 9.88 Å². The highest BCUT2D eigenvalue weighted by atomic mass is 16.5. The first kappa shape index (κ1) is 23.3. The fraction of sp³-hybridized carbons (Fsp3) is 0.448. The van der Waals surface area contributed by atoms with Gasteiger partial charge in [0.25, 0.3) is 5.91 Å². The molecule has 7 nitrogen and oxygen atoms in total. The van der Waals surface area contributed by atoms with Gasteiger partial charge in [0.15, 0.2) is 0 Å². The Morgan fingerprint density at radius 3 is 2.44 bits per heavy atom. The number of likely N-dealkylation sites (tertiary alicyclic amines) is 1. The molecular formula is C29H33N3O4. The summed E-state index contributed by atoms with van der Waals surface area (Å²) < 4.78 is 17.5. The van der Waals surface area contributed by atoms with Crippen molar-refractivity contribution in [3.63, 3.8) is 0 Å². The summed E-state index contributed by atoms with van der Waals surface area (Å²) in [6.07, 6.45) is 5.39. The predicted molar refractivity (Wildman–Crippen MR) is 139 cm³/mol. The van der Waals surface area contributed by atoms with Crippen LogP contribution >= 0.6 is 0 Å². The Morgan fingerprint density at radius 2 is 1.69 bits per heavy atom. The molecule has 2 aromatic carbocycles. The number of pyridine rings is 1. The number of carbonyl (C=O) groups is 1. The normalized spacial score (nSPS) is 21.2. The van der Waals surface area contributed by atoms with Crippen molar-refractivity contribution >= 4 is 22.5 Å². The lowest BCUT2D eigenvalue weighted by atomic mass is 10.0. The van der Waals surface area contributed by atoms with Gasteiger partial charge in [-0.3, -0.25) is 9.78 Å². The van der Waals surface area contributed by atoms with Crippen LogP contribution in [0.25, 0.3) is 22.0 Å². The van der Waals surface area contributed by atoms with Gasteiger partial charge in [0, 0.05) is 62.8 Å². The molecular weight excluding hydrogens is 454 g/mol. The van der Waals surface area contributed by atoms with Gasteiger partial charge >= 0.3 is 0 Å². The van der Waals surface area contributed by atoms with E-state index in [1.165, 1.54) is 11.1 Å². The number of carbonyl (C=O) groups excluding carboxylic acids is 1. The summed E-state index contributed by atoms with van der Waals surface area (Å²) in [5.74, 6) is 1.01. The molecule has 3 aliphatic rings. The van der Waals surface area contributed by atoms with E-state index in [9.17, 15) is 4.79 Å². The van der Waals surface area contributed by atoms with E-state index in [4.69, 9.17) is 19.2 Å². The zero-order valence-corrected chi connectivity index (χ0v) is 20.6. The quantitative estimate of drug-likeness (QED) is 0.535. The predicted octanol–water partition coefficient (Wildman–Crippen LogP) is 4.29. The topological polar surface area (TPSA) is 64.1 Å². The zero-order chi connectivity index (χ0) is 24.3. The standard InChI is InChI=1S/C29H33N3O4/c33-29(27-6-3-17-35-27)32-13-11-23(12-14-32)36-22-9-7-21(8-10-22)25-20-30-26-5-2-1-4-24(26)28(25)31-15-18-34-19-16-31/h1-2,4-5,7-10,20,23,27H,3,6,11-19H2/t27-/m1/s1. The SMILES string of the molecule is O=C([C@H]1CCCO1)N1CCC(Oc2ccc(-c3cnc4ccccc4c3N3CCOCC3)cc2)CC1. The van der Waals surface area contributed by atoms with E-state index >= 15 is 0 Å². The van der Waals surface area contributed by atoms with E-state index in [-0.39, 0.29) is 18.1 Å². The number of ether oxygens (including phenoxy) is 3. The van der Waals surface area contributed by atoms with Gasteiger partial charge in [-0.1, -0.05) is 30.3 Å². The van der Waals surface area contributed by atoms with Gasteiger partial charge in [-0.05, 0) is 36.6 Å². The minimum Gasteiger partial charge on any atom is -0.490 e. The molecule has 1 atom stereocenters. The first-order valence-electron chi connectivity index (χ1n) is 13.1. The third-order valence-electron chi connectivity index (χ3n) is 7.50. The minimum atomic E-state index is -0.234. The largest absolute Gasteiger partial charge is 0.490 e. The maximum Gasteiger partial charge on any atom is 0.251 e. The van der Waals surface area contributed by atoms with Crippen molar-refractivity contribution in [3.8, 4) is 16.9 Å². The second-order valence-electron chi connectivity index (χ2n) is 9.81. The molecule has 0 saturated carbocycles. The number of hydrogen-bond acceptors (Lipinski definition) is 6. The Kier molecular flexibility index (Phi) is 6.75. The highest BCUT2D eigenvalue weighted by Gasteiger charge is 2.31. The Hall–Kier alpha value is -3.16. The van der Waals surface area contributed by atoms with E-state index in [0.29, 0.717) is 6.61 Å². The second-order valence-corrected chi connectivity index (χ2v) is 9.81. The van der Waals surface area contributed by atoms with E-state index in [1.807, 2.05) is 17.2 Å². The van der Waals surface area contributed by atoms with Crippen LogP contribution in [0.2, 0.25) is 0 Å². The lowest BCUT2D eigenvalue weighted by molar-refractivity contribution is -0.142. The summed E-state index contributed by atoms with van der Waals surface area (Å²) in [5, 5.41) is 1.17. The van der Waals surface area contributed by atoms with Gasteiger partial charge in [-0.15, -0.1) is 0 Å². The third kappa shape index (κ3) is 4.77. The van der Waals surface area contributed by atoms with Crippen molar-refractivity contribution < 1.29 is 19.0 Å². The number of amides is 1. The summed E-state index contributed by atoms with van der Waals surface area (Å²) in [4.78, 5) is 21.7. The Bertz CT molecular complexity index is 1190. The minimum absolute atomic E-state index is 0.121. The Morgan fingerprint density at radius 1 is 0.917 bits per heavy atom. The number of morpholine rings is 1. The molecule has 3 saturated heterocycles. The van der Waals surface area contributed by atoms with Crippen molar-refractivity contribution in [3.05, 3.63) is 54.7 Å². The molecule has 3 aromatic rings. The molecule has 1 aromatic heterocycles. The van der Waals surface area contributed by atoms with Crippen LogP contribution in [0.15, 0.2) is 54.7 Å². The molecule has 1 amide bonds. The van der Waals surface area contributed by atoms with Crippen LogP contribution in [0.3, 0.4) is 0 Å². The first-order valence-corrected chi connectivity index (χ1v) is 13.1. The number of anilines is 1. The highest BCUT2D eigenvalue weighted by Crippen LogP contribution is 2.37. The van der Waals surface area contributed by atoms with E-state index in [1.54, 1.807) is 0 Å². The van der Waals surface area contributed by atoms with Crippen LogP contribution in [0.4, 0.5) is 5.69 Å². The fourth-order valence-electron chi connectivity index (χ4n) is 5.54. The summed E-state index contributed by atoms with van der Waals surface area (Å²) in [5.41, 5.74) is 4.48. The molecule has 6 rings (SSSR count). The molecule has 0 spiro atoms. The molecule has 3 fully saturated rings. The smallest absolute Gasteiger partial charge is 0.251 e. The van der Waals surface area contributed by atoms with Gasteiger partial charge in [-0.2, -0.15) is 0 Å².